The van der Waals surface area contributed by atoms with Crippen molar-refractivity contribution in [2.75, 3.05) is 0 Å². The largest absolute Gasteiger partial charge is 0.467 e. The molecule has 0 bridgehead atoms. The van der Waals surface area contributed by atoms with E-state index >= 15 is 0 Å². The Morgan fingerprint density at radius 1 is 1.24 bits per heavy atom. The van der Waals surface area contributed by atoms with Crippen LogP contribution >= 0.6 is 0 Å². The second-order valence-electron chi connectivity index (χ2n) is 7.31. The standard InChI is InChI=1S/C22H22FN3O3/c1-15-13-20(27)21(24-26(15)19-11-5-4-10-18(19)23)22(28)25(16-7-2-3-8-16)14-17-9-6-12-29-17/h4-6,9-13,16H,2-3,7-8,14H2,1H3. The monoisotopic (exact) mass is 395 g/mol. The van der Waals surface area contributed by atoms with Crippen molar-refractivity contribution >= 4 is 5.91 Å². The number of carbonyl (C=O) groups is 1. The molecule has 1 aliphatic rings. The fraction of sp³-hybridized carbons (Fsp3) is 0.318. The van der Waals surface area contributed by atoms with Gasteiger partial charge >= 0.3 is 0 Å². The molecule has 1 saturated carbocycles. The molecule has 2 heterocycles. The molecule has 150 valence electrons. The van der Waals surface area contributed by atoms with Crippen LogP contribution in [0.4, 0.5) is 4.39 Å². The zero-order valence-electron chi connectivity index (χ0n) is 16.2. The molecule has 4 rings (SSSR count). The number of carbonyl (C=O) groups excluding carboxylic acids is 1. The van der Waals surface area contributed by atoms with Crippen LogP contribution in [0.2, 0.25) is 0 Å². The normalized spacial score (nSPS) is 14.3. The zero-order chi connectivity index (χ0) is 20.4. The number of aryl methyl sites for hydroxylation is 1. The van der Waals surface area contributed by atoms with Gasteiger partial charge in [0.05, 0.1) is 12.8 Å². The van der Waals surface area contributed by atoms with Gasteiger partial charge in [-0.3, -0.25) is 9.59 Å². The summed E-state index contributed by atoms with van der Waals surface area (Å²) in [6.45, 7) is 1.93. The van der Waals surface area contributed by atoms with Gasteiger partial charge in [-0.1, -0.05) is 25.0 Å². The van der Waals surface area contributed by atoms with Gasteiger partial charge in [0.1, 0.15) is 17.3 Å². The lowest BCUT2D eigenvalue weighted by molar-refractivity contribution is 0.0639. The van der Waals surface area contributed by atoms with Crippen molar-refractivity contribution in [2.45, 2.75) is 45.2 Å². The van der Waals surface area contributed by atoms with Gasteiger partial charge in [-0.2, -0.15) is 5.10 Å². The molecule has 0 unspecified atom stereocenters. The third-order valence-corrected chi connectivity index (χ3v) is 5.32. The number of amides is 1. The van der Waals surface area contributed by atoms with Crippen LogP contribution in [0.15, 0.2) is 57.9 Å². The summed E-state index contributed by atoms with van der Waals surface area (Å²) in [5.74, 6) is -0.288. The first-order chi connectivity index (χ1) is 14.0. The molecule has 1 aromatic carbocycles. The Morgan fingerprint density at radius 2 is 2.00 bits per heavy atom. The van der Waals surface area contributed by atoms with Crippen LogP contribution < -0.4 is 5.43 Å². The quantitative estimate of drug-likeness (QED) is 0.658. The summed E-state index contributed by atoms with van der Waals surface area (Å²) in [6.07, 6.45) is 5.38. The molecule has 1 amide bonds. The number of para-hydroxylation sites is 1. The maximum atomic E-state index is 14.3. The molecule has 0 atom stereocenters. The van der Waals surface area contributed by atoms with E-state index in [0.29, 0.717) is 11.5 Å². The van der Waals surface area contributed by atoms with Gasteiger partial charge in [0.2, 0.25) is 5.43 Å². The summed E-state index contributed by atoms with van der Waals surface area (Å²) >= 11 is 0. The summed E-state index contributed by atoms with van der Waals surface area (Å²) in [5.41, 5.74) is -0.0348. The van der Waals surface area contributed by atoms with Gasteiger partial charge in [-0.05, 0) is 44.0 Å². The van der Waals surface area contributed by atoms with Gasteiger partial charge < -0.3 is 9.32 Å². The van der Waals surface area contributed by atoms with Crippen molar-refractivity contribution in [1.29, 1.82) is 0 Å². The minimum atomic E-state index is -0.478. The van der Waals surface area contributed by atoms with Crippen LogP contribution in [-0.4, -0.2) is 26.6 Å². The smallest absolute Gasteiger partial charge is 0.279 e. The lowest BCUT2D eigenvalue weighted by atomic mass is 10.1. The van der Waals surface area contributed by atoms with Gasteiger partial charge in [0, 0.05) is 17.8 Å². The van der Waals surface area contributed by atoms with E-state index in [1.807, 2.05) is 0 Å². The Kier molecular flexibility index (Phi) is 5.29. The molecular weight excluding hydrogens is 373 g/mol. The molecule has 0 aliphatic heterocycles. The van der Waals surface area contributed by atoms with Crippen LogP contribution in [-0.2, 0) is 6.54 Å². The molecule has 3 aromatic rings. The summed E-state index contributed by atoms with van der Waals surface area (Å²) < 4.78 is 21.0. The van der Waals surface area contributed by atoms with Crippen molar-refractivity contribution in [3.63, 3.8) is 0 Å². The minimum absolute atomic E-state index is 0.0250. The highest BCUT2D eigenvalue weighted by Gasteiger charge is 2.31. The summed E-state index contributed by atoms with van der Waals surface area (Å²) in [5, 5.41) is 4.27. The fourth-order valence-electron chi connectivity index (χ4n) is 3.85. The topological polar surface area (TPSA) is 68.3 Å². The van der Waals surface area contributed by atoms with Crippen LogP contribution in [0.25, 0.3) is 5.69 Å². The number of aromatic nitrogens is 2. The lowest BCUT2D eigenvalue weighted by Crippen LogP contribution is -2.41. The number of furan rings is 1. The molecule has 1 fully saturated rings. The van der Waals surface area contributed by atoms with E-state index in [0.717, 1.165) is 25.7 Å². The van der Waals surface area contributed by atoms with E-state index in [1.54, 1.807) is 48.4 Å². The van der Waals surface area contributed by atoms with E-state index < -0.39 is 17.2 Å². The molecule has 0 radical (unpaired) electrons. The van der Waals surface area contributed by atoms with Crippen molar-refractivity contribution in [3.05, 3.63) is 81.9 Å². The average Bonchev–Trinajstić information content (AvgIpc) is 3.41. The van der Waals surface area contributed by atoms with Crippen molar-refractivity contribution in [2.24, 2.45) is 0 Å². The number of halogens is 1. The van der Waals surface area contributed by atoms with E-state index in [-0.39, 0.29) is 24.0 Å². The Bertz CT molecular complexity index is 1070. The lowest BCUT2D eigenvalue weighted by Gasteiger charge is -2.28. The Labute approximate surface area is 167 Å². The molecular formula is C22H22FN3O3. The van der Waals surface area contributed by atoms with E-state index in [9.17, 15) is 14.0 Å². The minimum Gasteiger partial charge on any atom is -0.467 e. The number of nitrogens with zero attached hydrogens (tertiary/aromatic N) is 3. The molecule has 0 saturated heterocycles. The highest BCUT2D eigenvalue weighted by atomic mass is 19.1. The molecule has 29 heavy (non-hydrogen) atoms. The molecule has 6 nitrogen and oxygen atoms in total. The van der Waals surface area contributed by atoms with Crippen LogP contribution in [0, 0.1) is 12.7 Å². The first kappa shape index (κ1) is 19.1. The third kappa shape index (κ3) is 3.85. The maximum absolute atomic E-state index is 14.3. The van der Waals surface area contributed by atoms with E-state index in [2.05, 4.69) is 5.10 Å². The van der Waals surface area contributed by atoms with Crippen LogP contribution in [0.1, 0.15) is 47.6 Å². The second kappa shape index (κ2) is 8.03. The number of benzene rings is 1. The summed E-state index contributed by atoms with van der Waals surface area (Å²) in [6, 6.07) is 11.1. The van der Waals surface area contributed by atoms with Crippen molar-refractivity contribution in [3.8, 4) is 5.69 Å². The van der Waals surface area contributed by atoms with Crippen molar-refractivity contribution in [1.82, 2.24) is 14.7 Å². The zero-order valence-corrected chi connectivity index (χ0v) is 16.2. The Morgan fingerprint density at radius 3 is 2.69 bits per heavy atom. The van der Waals surface area contributed by atoms with Gasteiger partial charge in [0.25, 0.3) is 5.91 Å². The maximum Gasteiger partial charge on any atom is 0.279 e. The van der Waals surface area contributed by atoms with E-state index in [4.69, 9.17) is 4.42 Å². The van der Waals surface area contributed by atoms with Crippen LogP contribution in [0.3, 0.4) is 0 Å². The van der Waals surface area contributed by atoms with Gasteiger partial charge in [0.15, 0.2) is 5.69 Å². The van der Waals surface area contributed by atoms with Gasteiger partial charge in [-0.25, -0.2) is 9.07 Å². The highest BCUT2D eigenvalue weighted by molar-refractivity contribution is 5.92. The first-order valence-corrected chi connectivity index (χ1v) is 9.74. The molecule has 7 heteroatoms. The number of hydrogen-bond donors (Lipinski definition) is 0. The average molecular weight is 395 g/mol. The van der Waals surface area contributed by atoms with Crippen LogP contribution in [0.5, 0.6) is 0 Å². The molecule has 2 aromatic heterocycles. The van der Waals surface area contributed by atoms with E-state index in [1.165, 1.54) is 16.8 Å². The summed E-state index contributed by atoms with van der Waals surface area (Å²) in [7, 11) is 0. The SMILES string of the molecule is Cc1cc(=O)c(C(=O)N(Cc2ccco2)C2CCCC2)nn1-c1ccccc1F. The predicted octanol–water partition coefficient (Wildman–Crippen LogP) is 3.86. The predicted molar refractivity (Wildman–Crippen MR) is 105 cm³/mol. The molecule has 0 spiro atoms. The van der Waals surface area contributed by atoms with Gasteiger partial charge in [-0.15, -0.1) is 0 Å². The Hall–Kier alpha value is -3.22. The number of rotatable bonds is 5. The second-order valence-corrected chi connectivity index (χ2v) is 7.31. The third-order valence-electron chi connectivity index (χ3n) is 5.32. The fourth-order valence-corrected chi connectivity index (χ4v) is 3.85. The Balaban J connectivity index is 1.75. The van der Waals surface area contributed by atoms with Crippen molar-refractivity contribution < 1.29 is 13.6 Å². The first-order valence-electron chi connectivity index (χ1n) is 9.74. The highest BCUT2D eigenvalue weighted by Crippen LogP contribution is 2.26. The number of hydrogen-bond acceptors (Lipinski definition) is 4. The molecule has 0 N–H and O–H groups in total. The summed E-state index contributed by atoms with van der Waals surface area (Å²) in [4.78, 5) is 27.7. The molecule has 1 aliphatic carbocycles.